The highest BCUT2D eigenvalue weighted by atomic mass is 16.3. The number of rotatable bonds is 3. The first kappa shape index (κ1) is 26.5. The lowest BCUT2D eigenvalue weighted by molar-refractivity contribution is 0.672. The highest BCUT2D eigenvalue weighted by molar-refractivity contribution is 6.26. The predicted octanol–water partition coefficient (Wildman–Crippen LogP) is 11.8. The maximum atomic E-state index is 6.74. The van der Waals surface area contributed by atoms with Crippen molar-refractivity contribution in [2.24, 2.45) is 0 Å². The van der Waals surface area contributed by atoms with Gasteiger partial charge in [-0.05, 0) is 71.8 Å². The van der Waals surface area contributed by atoms with Gasteiger partial charge in [-0.1, -0.05) is 103 Å². The fourth-order valence-corrected chi connectivity index (χ4v) is 8.23. The number of hydrogen-bond acceptors (Lipinski definition) is 2. The average molecular weight is 628 g/mol. The van der Waals surface area contributed by atoms with Crippen LogP contribution in [0.15, 0.2) is 168 Å². The van der Waals surface area contributed by atoms with Crippen molar-refractivity contribution >= 4 is 76.8 Å². The van der Waals surface area contributed by atoms with Crippen molar-refractivity contribution in [2.75, 3.05) is 5.32 Å². The van der Waals surface area contributed by atoms with Gasteiger partial charge in [0.05, 0.1) is 27.5 Å². The number of hydrogen-bond donors (Lipinski definition) is 1. The molecule has 3 aromatic heterocycles. The molecule has 0 bridgehead atoms. The summed E-state index contributed by atoms with van der Waals surface area (Å²) in [7, 11) is 0. The summed E-state index contributed by atoms with van der Waals surface area (Å²) in [6, 6.07) is 56.5. The van der Waals surface area contributed by atoms with Gasteiger partial charge in [-0.25, -0.2) is 0 Å². The Kier molecular flexibility index (Phi) is 5.41. The molecular formula is C45H29N3O. The summed E-state index contributed by atoms with van der Waals surface area (Å²) in [4.78, 5) is 0. The van der Waals surface area contributed by atoms with E-state index in [1.54, 1.807) is 0 Å². The number of para-hydroxylation sites is 4. The van der Waals surface area contributed by atoms with E-state index in [4.69, 9.17) is 4.42 Å². The van der Waals surface area contributed by atoms with Gasteiger partial charge in [-0.2, -0.15) is 0 Å². The van der Waals surface area contributed by atoms with Crippen molar-refractivity contribution in [3.8, 4) is 5.69 Å². The molecule has 4 heterocycles. The van der Waals surface area contributed by atoms with E-state index < -0.39 is 0 Å². The maximum absolute atomic E-state index is 6.74. The minimum atomic E-state index is -0.154. The third-order valence-corrected chi connectivity index (χ3v) is 10.3. The number of nitrogens with zero attached hydrogens (tertiary/aromatic N) is 2. The lowest BCUT2D eigenvalue weighted by Crippen LogP contribution is -2.20. The van der Waals surface area contributed by atoms with Crippen LogP contribution in [0.25, 0.3) is 76.8 Å². The van der Waals surface area contributed by atoms with Gasteiger partial charge in [0, 0.05) is 43.9 Å². The fourth-order valence-electron chi connectivity index (χ4n) is 8.23. The molecule has 1 aliphatic heterocycles. The molecule has 230 valence electrons. The topological polar surface area (TPSA) is 35.0 Å². The zero-order valence-electron chi connectivity index (χ0n) is 26.5. The molecule has 0 aliphatic carbocycles. The lowest BCUT2D eigenvalue weighted by Gasteiger charge is -2.29. The molecule has 7 aromatic carbocycles. The van der Waals surface area contributed by atoms with Crippen LogP contribution in [0.1, 0.15) is 17.3 Å². The Labute approximate surface area is 281 Å². The molecule has 1 unspecified atom stereocenters. The van der Waals surface area contributed by atoms with Crippen molar-refractivity contribution in [3.63, 3.8) is 0 Å². The van der Waals surface area contributed by atoms with Gasteiger partial charge in [0.2, 0.25) is 0 Å². The Morgan fingerprint density at radius 2 is 1.24 bits per heavy atom. The van der Waals surface area contributed by atoms with E-state index in [9.17, 15) is 0 Å². The second kappa shape index (κ2) is 9.99. The molecule has 1 N–H and O–H groups in total. The number of anilines is 1. The SMILES string of the molecule is C1=C(c2ccccc2)c2ccccc2NC1n1c2cc3c(cc2c2c4oc5ccccc5c4ccc21)c1ccccc1n3-c1ccccc1. The zero-order chi connectivity index (χ0) is 32.1. The first-order valence-corrected chi connectivity index (χ1v) is 16.8. The molecule has 0 saturated carbocycles. The molecule has 0 radical (unpaired) electrons. The van der Waals surface area contributed by atoms with E-state index >= 15 is 0 Å². The maximum Gasteiger partial charge on any atom is 0.145 e. The highest BCUT2D eigenvalue weighted by Gasteiger charge is 2.27. The predicted molar refractivity (Wildman–Crippen MR) is 204 cm³/mol. The van der Waals surface area contributed by atoms with E-state index in [0.717, 1.165) is 49.7 Å². The summed E-state index contributed by atoms with van der Waals surface area (Å²) in [5, 5.41) is 11.0. The van der Waals surface area contributed by atoms with E-state index in [0.29, 0.717) is 0 Å². The molecule has 49 heavy (non-hydrogen) atoms. The van der Waals surface area contributed by atoms with Crippen molar-refractivity contribution in [1.82, 2.24) is 9.13 Å². The van der Waals surface area contributed by atoms with Gasteiger partial charge in [0.25, 0.3) is 0 Å². The van der Waals surface area contributed by atoms with Crippen LogP contribution >= 0.6 is 0 Å². The quantitative estimate of drug-likeness (QED) is 0.211. The van der Waals surface area contributed by atoms with Crippen LogP contribution in [-0.4, -0.2) is 9.13 Å². The summed E-state index contributed by atoms with van der Waals surface area (Å²) < 4.78 is 11.6. The number of fused-ring (bicyclic) bond motifs is 11. The molecule has 0 fully saturated rings. The molecule has 1 atom stereocenters. The number of aromatic nitrogens is 2. The Morgan fingerprint density at radius 1 is 0.510 bits per heavy atom. The molecule has 0 amide bonds. The van der Waals surface area contributed by atoms with Gasteiger partial charge < -0.3 is 18.9 Å². The van der Waals surface area contributed by atoms with Crippen LogP contribution < -0.4 is 5.32 Å². The van der Waals surface area contributed by atoms with Crippen LogP contribution in [0.2, 0.25) is 0 Å². The molecule has 1 aliphatic rings. The number of furan rings is 1. The first-order chi connectivity index (χ1) is 24.3. The minimum absolute atomic E-state index is 0.154. The largest absolute Gasteiger partial charge is 0.455 e. The van der Waals surface area contributed by atoms with Crippen LogP contribution in [0, 0.1) is 0 Å². The summed E-state index contributed by atoms with van der Waals surface area (Å²) >= 11 is 0. The monoisotopic (exact) mass is 627 g/mol. The molecule has 0 saturated heterocycles. The second-order valence-electron chi connectivity index (χ2n) is 13.0. The van der Waals surface area contributed by atoms with Crippen molar-refractivity contribution in [1.29, 1.82) is 0 Å². The molecule has 4 heteroatoms. The van der Waals surface area contributed by atoms with Crippen LogP contribution in [-0.2, 0) is 0 Å². The van der Waals surface area contributed by atoms with Crippen molar-refractivity contribution in [2.45, 2.75) is 6.17 Å². The molecular weight excluding hydrogens is 599 g/mol. The first-order valence-electron chi connectivity index (χ1n) is 16.8. The van der Waals surface area contributed by atoms with E-state index in [2.05, 4.69) is 172 Å². The smallest absolute Gasteiger partial charge is 0.145 e. The second-order valence-corrected chi connectivity index (χ2v) is 13.0. The summed E-state index contributed by atoms with van der Waals surface area (Å²) in [6.45, 7) is 0. The average Bonchev–Trinajstić information content (AvgIpc) is 3.81. The van der Waals surface area contributed by atoms with E-state index in [-0.39, 0.29) is 6.17 Å². The fraction of sp³-hybridized carbons (Fsp3) is 0.0222. The van der Waals surface area contributed by atoms with Crippen LogP contribution in [0.3, 0.4) is 0 Å². The van der Waals surface area contributed by atoms with Crippen molar-refractivity contribution in [3.05, 3.63) is 175 Å². The summed E-state index contributed by atoms with van der Waals surface area (Å²) in [6.07, 6.45) is 2.23. The van der Waals surface area contributed by atoms with Gasteiger partial charge in [-0.15, -0.1) is 0 Å². The zero-order valence-corrected chi connectivity index (χ0v) is 26.5. The Bertz CT molecular complexity index is 2960. The van der Waals surface area contributed by atoms with Gasteiger partial charge in [-0.3, -0.25) is 0 Å². The normalized spacial score (nSPS) is 14.6. The van der Waals surface area contributed by atoms with Crippen LogP contribution in [0.5, 0.6) is 0 Å². The Balaban J connectivity index is 1.30. The third kappa shape index (κ3) is 3.74. The standard InChI is InChI=1S/C45H29N3O/c1-3-13-28(14-4-1)34-26-43(46-37-20-10-7-17-30(34)37)48-39-24-23-33-32-19-9-12-22-42(32)49-45(33)44(39)36-25-35-31-18-8-11-21-38(31)47(40(35)27-41(36)48)29-15-5-2-6-16-29/h1-27,43,46H. The summed E-state index contributed by atoms with van der Waals surface area (Å²) in [5.74, 6) is 0. The minimum Gasteiger partial charge on any atom is -0.455 e. The Hall–Kier alpha value is -6.52. The van der Waals surface area contributed by atoms with E-state index in [1.165, 1.54) is 43.9 Å². The summed E-state index contributed by atoms with van der Waals surface area (Å²) in [5.41, 5.74) is 12.4. The van der Waals surface area contributed by atoms with Gasteiger partial charge in [0.1, 0.15) is 17.3 Å². The van der Waals surface area contributed by atoms with Gasteiger partial charge >= 0.3 is 0 Å². The number of nitrogens with one attached hydrogen (secondary N) is 1. The van der Waals surface area contributed by atoms with Gasteiger partial charge in [0.15, 0.2) is 0 Å². The van der Waals surface area contributed by atoms with Crippen LogP contribution in [0.4, 0.5) is 5.69 Å². The molecule has 11 rings (SSSR count). The third-order valence-electron chi connectivity index (χ3n) is 10.3. The van der Waals surface area contributed by atoms with Crippen molar-refractivity contribution < 1.29 is 4.42 Å². The van der Waals surface area contributed by atoms with E-state index in [1.807, 2.05) is 6.07 Å². The molecule has 0 spiro atoms. The Morgan fingerprint density at radius 3 is 2.12 bits per heavy atom. The highest BCUT2D eigenvalue weighted by Crippen LogP contribution is 2.46. The lowest BCUT2D eigenvalue weighted by atomic mass is 9.93. The molecule has 4 nitrogen and oxygen atoms in total. The molecule has 10 aromatic rings. The number of benzene rings is 7.